The average Bonchev–Trinajstić information content (AvgIpc) is 2.29. The van der Waals surface area contributed by atoms with Crippen molar-refractivity contribution in [2.45, 2.75) is 32.6 Å². The number of hydrogen-bond acceptors (Lipinski definition) is 0. The van der Waals surface area contributed by atoms with Gasteiger partial charge in [-0.05, 0) is 41.2 Å². The van der Waals surface area contributed by atoms with Crippen LogP contribution in [0.1, 0.15) is 36.8 Å². The molecule has 0 spiro atoms. The molecule has 0 aliphatic heterocycles. The fourth-order valence-corrected chi connectivity index (χ4v) is 2.83. The van der Waals surface area contributed by atoms with Gasteiger partial charge in [-0.25, -0.2) is 0 Å². The quantitative estimate of drug-likeness (QED) is 0.630. The van der Waals surface area contributed by atoms with Gasteiger partial charge in [0, 0.05) is 0 Å². The van der Waals surface area contributed by atoms with Crippen molar-refractivity contribution in [3.05, 3.63) is 47.5 Å². The van der Waals surface area contributed by atoms with Crippen LogP contribution in [0.4, 0.5) is 0 Å². The van der Waals surface area contributed by atoms with E-state index in [1.54, 1.807) is 0 Å². The molecule has 0 aromatic heterocycles. The Balaban J connectivity index is 2.51. The zero-order chi connectivity index (χ0) is 12.4. The number of rotatable bonds is 3. The summed E-state index contributed by atoms with van der Waals surface area (Å²) in [6.07, 6.45) is 1.02. The SMILES string of the molecule is Cc1ccc(C(Cl)CC(C)C)c2ccccc12. The van der Waals surface area contributed by atoms with Crippen molar-refractivity contribution in [3.63, 3.8) is 0 Å². The molecule has 2 aromatic rings. The molecular formula is C16H19Cl. The van der Waals surface area contributed by atoms with Crippen molar-refractivity contribution in [1.82, 2.24) is 0 Å². The molecule has 0 nitrogen and oxygen atoms in total. The molecule has 2 aromatic carbocycles. The first-order valence-electron chi connectivity index (χ1n) is 6.22. The summed E-state index contributed by atoms with van der Waals surface area (Å²) in [4.78, 5) is 0. The Morgan fingerprint density at radius 3 is 2.29 bits per heavy atom. The van der Waals surface area contributed by atoms with Crippen molar-refractivity contribution in [1.29, 1.82) is 0 Å². The lowest BCUT2D eigenvalue weighted by molar-refractivity contribution is 0.576. The predicted octanol–water partition coefficient (Wildman–Crippen LogP) is 5.47. The molecule has 0 saturated carbocycles. The smallest absolute Gasteiger partial charge is 0.0593 e. The van der Waals surface area contributed by atoms with Crippen molar-refractivity contribution in [2.24, 2.45) is 5.92 Å². The van der Waals surface area contributed by atoms with Crippen LogP contribution in [0.5, 0.6) is 0 Å². The molecule has 17 heavy (non-hydrogen) atoms. The third kappa shape index (κ3) is 2.63. The molecule has 1 heteroatoms. The molecule has 0 amide bonds. The lowest BCUT2D eigenvalue weighted by atomic mass is 9.95. The molecule has 1 atom stereocenters. The van der Waals surface area contributed by atoms with Gasteiger partial charge in [0.15, 0.2) is 0 Å². The summed E-state index contributed by atoms with van der Waals surface area (Å²) in [6.45, 7) is 6.58. The van der Waals surface area contributed by atoms with Crippen LogP contribution in [0, 0.1) is 12.8 Å². The Kier molecular flexibility index (Phi) is 3.73. The zero-order valence-electron chi connectivity index (χ0n) is 10.7. The number of aryl methyl sites for hydroxylation is 1. The molecule has 2 rings (SSSR count). The first-order valence-corrected chi connectivity index (χ1v) is 6.65. The van der Waals surface area contributed by atoms with E-state index < -0.39 is 0 Å². The highest BCUT2D eigenvalue weighted by Gasteiger charge is 2.13. The molecule has 0 saturated heterocycles. The van der Waals surface area contributed by atoms with Gasteiger partial charge in [0.25, 0.3) is 0 Å². The molecule has 0 N–H and O–H groups in total. The summed E-state index contributed by atoms with van der Waals surface area (Å²) in [5.41, 5.74) is 2.58. The van der Waals surface area contributed by atoms with Gasteiger partial charge < -0.3 is 0 Å². The molecule has 0 heterocycles. The van der Waals surface area contributed by atoms with E-state index in [1.807, 2.05) is 0 Å². The monoisotopic (exact) mass is 246 g/mol. The number of fused-ring (bicyclic) bond motifs is 1. The third-order valence-corrected chi connectivity index (χ3v) is 3.60. The van der Waals surface area contributed by atoms with Gasteiger partial charge in [-0.2, -0.15) is 0 Å². The van der Waals surface area contributed by atoms with E-state index in [4.69, 9.17) is 11.6 Å². The van der Waals surface area contributed by atoms with Crippen LogP contribution < -0.4 is 0 Å². The van der Waals surface area contributed by atoms with Gasteiger partial charge >= 0.3 is 0 Å². The summed E-state index contributed by atoms with van der Waals surface area (Å²) in [7, 11) is 0. The molecule has 0 bridgehead atoms. The maximum absolute atomic E-state index is 6.53. The van der Waals surface area contributed by atoms with Gasteiger partial charge in [-0.1, -0.05) is 50.2 Å². The number of benzene rings is 2. The van der Waals surface area contributed by atoms with E-state index in [0.29, 0.717) is 5.92 Å². The van der Waals surface area contributed by atoms with Crippen molar-refractivity contribution in [2.75, 3.05) is 0 Å². The second-order valence-corrected chi connectivity index (χ2v) is 5.64. The summed E-state index contributed by atoms with van der Waals surface area (Å²) in [6, 6.07) is 12.9. The predicted molar refractivity (Wildman–Crippen MR) is 76.7 cm³/mol. The van der Waals surface area contributed by atoms with Crippen LogP contribution >= 0.6 is 11.6 Å². The molecule has 1 unspecified atom stereocenters. The molecule has 90 valence electrons. The van der Waals surface area contributed by atoms with Crippen LogP contribution in [0.3, 0.4) is 0 Å². The Hall–Kier alpha value is -1.01. The molecule has 0 radical (unpaired) electrons. The molecule has 0 aliphatic carbocycles. The van der Waals surface area contributed by atoms with Crippen LogP contribution in [0.2, 0.25) is 0 Å². The van der Waals surface area contributed by atoms with Crippen molar-refractivity contribution < 1.29 is 0 Å². The Bertz CT molecular complexity index is 514. The van der Waals surface area contributed by atoms with Gasteiger partial charge in [-0.3, -0.25) is 0 Å². The number of hydrogen-bond donors (Lipinski definition) is 0. The maximum atomic E-state index is 6.53. The molecular weight excluding hydrogens is 228 g/mol. The Morgan fingerprint density at radius 2 is 1.65 bits per heavy atom. The van der Waals surface area contributed by atoms with E-state index >= 15 is 0 Å². The largest absolute Gasteiger partial charge is 0.118 e. The minimum Gasteiger partial charge on any atom is -0.118 e. The zero-order valence-corrected chi connectivity index (χ0v) is 11.5. The van der Waals surface area contributed by atoms with Crippen LogP contribution in [-0.2, 0) is 0 Å². The van der Waals surface area contributed by atoms with E-state index in [-0.39, 0.29) is 5.38 Å². The molecule has 0 fully saturated rings. The summed E-state index contributed by atoms with van der Waals surface area (Å²) >= 11 is 6.53. The summed E-state index contributed by atoms with van der Waals surface area (Å²) in [5, 5.41) is 2.73. The standard InChI is InChI=1S/C16H19Cl/c1-11(2)10-16(17)15-9-8-12(3)13-6-4-5-7-14(13)15/h4-9,11,16H,10H2,1-3H3. The van der Waals surface area contributed by atoms with Crippen LogP contribution in [0.25, 0.3) is 10.8 Å². The highest BCUT2D eigenvalue weighted by Crippen LogP contribution is 2.34. The second-order valence-electron chi connectivity index (χ2n) is 5.11. The van der Waals surface area contributed by atoms with E-state index in [9.17, 15) is 0 Å². The fourth-order valence-electron chi connectivity index (χ4n) is 2.29. The minimum absolute atomic E-state index is 0.112. The second kappa shape index (κ2) is 5.10. The number of alkyl halides is 1. The Morgan fingerprint density at radius 1 is 1.00 bits per heavy atom. The minimum atomic E-state index is 0.112. The van der Waals surface area contributed by atoms with Crippen molar-refractivity contribution >= 4 is 22.4 Å². The first kappa shape index (κ1) is 12.4. The lowest BCUT2D eigenvalue weighted by Gasteiger charge is -2.16. The first-order chi connectivity index (χ1) is 8.09. The van der Waals surface area contributed by atoms with Crippen LogP contribution in [-0.4, -0.2) is 0 Å². The normalized spacial score (nSPS) is 13.2. The highest BCUT2D eigenvalue weighted by atomic mass is 35.5. The maximum Gasteiger partial charge on any atom is 0.0593 e. The Labute approximate surface area is 109 Å². The number of halogens is 1. The van der Waals surface area contributed by atoms with Crippen LogP contribution in [0.15, 0.2) is 36.4 Å². The fraction of sp³-hybridized carbons (Fsp3) is 0.375. The van der Waals surface area contributed by atoms with E-state index in [1.165, 1.54) is 21.9 Å². The van der Waals surface area contributed by atoms with Gasteiger partial charge in [0.05, 0.1) is 5.38 Å². The summed E-state index contributed by atoms with van der Waals surface area (Å²) in [5.74, 6) is 0.623. The van der Waals surface area contributed by atoms with E-state index in [2.05, 4.69) is 57.2 Å². The highest BCUT2D eigenvalue weighted by molar-refractivity contribution is 6.21. The van der Waals surface area contributed by atoms with Crippen molar-refractivity contribution in [3.8, 4) is 0 Å². The van der Waals surface area contributed by atoms with E-state index in [0.717, 1.165) is 6.42 Å². The topological polar surface area (TPSA) is 0 Å². The van der Waals surface area contributed by atoms with Gasteiger partial charge in [0.2, 0.25) is 0 Å². The van der Waals surface area contributed by atoms with Gasteiger partial charge in [-0.15, -0.1) is 11.6 Å². The summed E-state index contributed by atoms with van der Waals surface area (Å²) < 4.78 is 0. The molecule has 0 aliphatic rings. The average molecular weight is 247 g/mol. The lowest BCUT2D eigenvalue weighted by Crippen LogP contribution is -1.98. The van der Waals surface area contributed by atoms with Gasteiger partial charge in [0.1, 0.15) is 0 Å². The third-order valence-electron chi connectivity index (χ3n) is 3.19.